The van der Waals surface area contributed by atoms with Crippen molar-refractivity contribution in [1.82, 2.24) is 9.38 Å². The van der Waals surface area contributed by atoms with E-state index in [-0.39, 0.29) is 17.1 Å². The Bertz CT molecular complexity index is 1540. The number of carbonyl (C=O) groups is 1. The summed E-state index contributed by atoms with van der Waals surface area (Å²) in [7, 11) is -3.85. The summed E-state index contributed by atoms with van der Waals surface area (Å²) >= 11 is 0. The zero-order valence-corrected chi connectivity index (χ0v) is 17.3. The summed E-state index contributed by atoms with van der Waals surface area (Å²) in [4.78, 5) is 29.4. The number of rotatable bonds is 4. The van der Waals surface area contributed by atoms with Crippen LogP contribution in [0.2, 0.25) is 0 Å². The maximum atomic E-state index is 13.0. The molecule has 0 unspecified atom stereocenters. The normalized spacial score (nSPS) is 14.3. The van der Waals surface area contributed by atoms with Crippen molar-refractivity contribution >= 4 is 38.1 Å². The summed E-state index contributed by atoms with van der Waals surface area (Å²) in [5, 5.41) is 1.38. The monoisotopic (exact) mass is 435 g/mol. The molecule has 2 aromatic heterocycles. The molecule has 1 aliphatic heterocycles. The van der Waals surface area contributed by atoms with Gasteiger partial charge in [0.1, 0.15) is 18.8 Å². The number of nitrogens with zero attached hydrogens (tertiary/aromatic N) is 3. The van der Waals surface area contributed by atoms with E-state index in [1.54, 1.807) is 43.3 Å². The number of hydrogen-bond acceptors (Lipinski definition) is 6. The van der Waals surface area contributed by atoms with Gasteiger partial charge in [-0.1, -0.05) is 30.3 Å². The third kappa shape index (κ3) is 3.05. The van der Waals surface area contributed by atoms with Crippen molar-refractivity contribution in [3.8, 4) is 0 Å². The first-order valence-corrected chi connectivity index (χ1v) is 11.0. The highest BCUT2D eigenvalue weighted by molar-refractivity contribution is 7.93. The number of pyridine rings is 1. The van der Waals surface area contributed by atoms with Crippen molar-refractivity contribution in [2.75, 3.05) is 10.8 Å². The van der Waals surface area contributed by atoms with Gasteiger partial charge in [-0.2, -0.15) is 0 Å². The van der Waals surface area contributed by atoms with E-state index in [0.717, 1.165) is 15.4 Å². The highest BCUT2D eigenvalue weighted by Gasteiger charge is 2.36. The molecule has 31 heavy (non-hydrogen) atoms. The van der Waals surface area contributed by atoms with E-state index in [9.17, 15) is 18.0 Å². The number of hydrogen-bond donors (Lipinski definition) is 0. The van der Waals surface area contributed by atoms with Gasteiger partial charge in [0.15, 0.2) is 0 Å². The molecule has 2 aromatic carbocycles. The maximum Gasteiger partial charge on any atom is 0.327 e. The van der Waals surface area contributed by atoms with Crippen molar-refractivity contribution < 1.29 is 17.9 Å². The number of carbonyl (C=O) groups excluding carboxylic acids is 1. The molecule has 0 fully saturated rings. The van der Waals surface area contributed by atoms with Crippen LogP contribution >= 0.6 is 0 Å². The lowest BCUT2D eigenvalue weighted by Crippen LogP contribution is -2.33. The molecule has 0 N–H and O–H groups in total. The van der Waals surface area contributed by atoms with Crippen molar-refractivity contribution in [1.29, 1.82) is 0 Å². The fraction of sp³-hybridized carbons (Fsp3) is 0.136. The van der Waals surface area contributed by atoms with Crippen LogP contribution in [0.15, 0.2) is 70.4 Å². The number of esters is 1. The molecule has 9 heteroatoms. The number of fused-ring (bicyclic) bond motifs is 1. The molecule has 3 heterocycles. The predicted molar refractivity (Wildman–Crippen MR) is 114 cm³/mol. The summed E-state index contributed by atoms with van der Waals surface area (Å²) in [5.74, 6) is -0.736. The Balaban J connectivity index is 1.38. The second kappa shape index (κ2) is 6.92. The van der Waals surface area contributed by atoms with E-state index in [1.807, 2.05) is 12.1 Å². The summed E-state index contributed by atoms with van der Waals surface area (Å²) < 4.78 is 33.7. The molecular weight excluding hydrogens is 418 g/mol. The van der Waals surface area contributed by atoms with Gasteiger partial charge in [-0.15, -0.1) is 0 Å². The van der Waals surface area contributed by atoms with Crippen molar-refractivity contribution in [3.63, 3.8) is 0 Å². The van der Waals surface area contributed by atoms with E-state index < -0.39 is 22.5 Å². The van der Waals surface area contributed by atoms with E-state index in [4.69, 9.17) is 4.74 Å². The average Bonchev–Trinajstić information content (AvgIpc) is 2.95. The zero-order valence-electron chi connectivity index (χ0n) is 16.5. The van der Waals surface area contributed by atoms with Crippen LogP contribution in [0.25, 0.3) is 16.4 Å². The lowest BCUT2D eigenvalue weighted by Gasteiger charge is -2.17. The van der Waals surface area contributed by atoms with Crippen LogP contribution in [-0.4, -0.2) is 30.3 Å². The molecular formula is C22H17N3O5S. The van der Waals surface area contributed by atoms with Crippen molar-refractivity contribution in [2.45, 2.75) is 18.4 Å². The Labute approximate surface area is 177 Å². The van der Waals surface area contributed by atoms with Gasteiger partial charge < -0.3 is 4.74 Å². The zero-order chi connectivity index (χ0) is 21.8. The average molecular weight is 435 g/mol. The Hall–Kier alpha value is -3.72. The second-order valence-corrected chi connectivity index (χ2v) is 9.08. The first-order valence-electron chi connectivity index (χ1n) is 9.55. The number of aryl methyl sites for hydroxylation is 1. The molecule has 156 valence electrons. The third-order valence-electron chi connectivity index (χ3n) is 5.27. The summed E-state index contributed by atoms with van der Waals surface area (Å²) in [6, 6.07) is 16.8. The largest absolute Gasteiger partial charge is 0.458 e. The van der Waals surface area contributed by atoms with E-state index >= 15 is 0 Å². The van der Waals surface area contributed by atoms with Crippen LogP contribution in [-0.2, 0) is 26.2 Å². The summed E-state index contributed by atoms with van der Waals surface area (Å²) in [5.41, 5.74) is 1.65. The molecule has 1 aliphatic rings. The first kappa shape index (κ1) is 19.3. The second-order valence-electron chi connectivity index (χ2n) is 7.25. The van der Waals surface area contributed by atoms with E-state index in [0.29, 0.717) is 22.4 Å². The number of benzene rings is 2. The molecule has 8 nitrogen and oxygen atoms in total. The lowest BCUT2D eigenvalue weighted by molar-refractivity contribution is -0.143. The van der Waals surface area contributed by atoms with Crippen LogP contribution in [0.1, 0.15) is 11.4 Å². The van der Waals surface area contributed by atoms with Crippen LogP contribution in [0.3, 0.4) is 0 Å². The molecule has 0 bridgehead atoms. The van der Waals surface area contributed by atoms with Gasteiger partial charge in [0.2, 0.25) is 0 Å². The smallest absolute Gasteiger partial charge is 0.327 e. The Morgan fingerprint density at radius 2 is 1.81 bits per heavy atom. The third-order valence-corrected chi connectivity index (χ3v) is 7.07. The lowest BCUT2D eigenvalue weighted by atomic mass is 10.1. The van der Waals surface area contributed by atoms with Crippen molar-refractivity contribution in [2.24, 2.45) is 0 Å². The standard InChI is InChI=1S/C22H17N3O5S/c1-14-5-2-10-19-23-16(11-20(26)25(14)19)13-30-21(27)12-24-17-8-3-6-15-7-4-9-18(22(15)17)31(24,28)29/h2-11H,12-13H2,1H3. The van der Waals surface area contributed by atoms with Gasteiger partial charge in [0, 0.05) is 17.1 Å². The molecule has 0 amide bonds. The summed E-state index contributed by atoms with van der Waals surface area (Å²) in [6.45, 7) is 1.09. The van der Waals surface area contributed by atoms with Crippen LogP contribution in [0, 0.1) is 6.92 Å². The first-order chi connectivity index (χ1) is 14.9. The van der Waals surface area contributed by atoms with Gasteiger partial charge in [-0.25, -0.2) is 13.4 Å². The fourth-order valence-electron chi connectivity index (χ4n) is 3.88. The molecule has 4 aromatic rings. The number of sulfonamides is 1. The SMILES string of the molecule is Cc1cccc2nc(COC(=O)CN3c4cccc5cccc(c45)S3(=O)=O)cc(=O)n12. The fourth-order valence-corrected chi connectivity index (χ4v) is 5.54. The van der Waals surface area contributed by atoms with Crippen LogP contribution in [0.4, 0.5) is 5.69 Å². The van der Waals surface area contributed by atoms with E-state index in [2.05, 4.69) is 4.98 Å². The number of ether oxygens (including phenoxy) is 1. The van der Waals surface area contributed by atoms with Gasteiger partial charge in [-0.3, -0.25) is 18.3 Å². The van der Waals surface area contributed by atoms with Gasteiger partial charge in [0.05, 0.1) is 16.3 Å². The molecule has 5 rings (SSSR count). The highest BCUT2D eigenvalue weighted by atomic mass is 32.2. The Kier molecular flexibility index (Phi) is 4.30. The predicted octanol–water partition coefficient (Wildman–Crippen LogP) is 2.41. The number of anilines is 1. The Morgan fingerprint density at radius 1 is 1.06 bits per heavy atom. The van der Waals surface area contributed by atoms with E-state index in [1.165, 1.54) is 16.5 Å². The Morgan fingerprint density at radius 3 is 2.61 bits per heavy atom. The molecule has 0 radical (unpaired) electrons. The molecule has 0 aliphatic carbocycles. The van der Waals surface area contributed by atoms with Gasteiger partial charge in [-0.05, 0) is 36.6 Å². The maximum absolute atomic E-state index is 13.0. The molecule has 0 saturated heterocycles. The highest BCUT2D eigenvalue weighted by Crippen LogP contribution is 2.41. The molecule has 0 atom stereocenters. The van der Waals surface area contributed by atoms with Crippen molar-refractivity contribution in [3.05, 3.63) is 82.4 Å². The quantitative estimate of drug-likeness (QED) is 0.457. The van der Waals surface area contributed by atoms with Crippen LogP contribution in [0.5, 0.6) is 0 Å². The van der Waals surface area contributed by atoms with Gasteiger partial charge >= 0.3 is 5.97 Å². The summed E-state index contributed by atoms with van der Waals surface area (Å²) in [6.07, 6.45) is 0. The topological polar surface area (TPSA) is 98.0 Å². The molecule has 0 spiro atoms. The molecule has 0 saturated carbocycles. The number of aromatic nitrogens is 2. The van der Waals surface area contributed by atoms with Crippen LogP contribution < -0.4 is 9.86 Å². The minimum absolute atomic E-state index is 0.174. The minimum atomic E-state index is -3.85. The van der Waals surface area contributed by atoms with Gasteiger partial charge in [0.25, 0.3) is 15.6 Å². The minimum Gasteiger partial charge on any atom is -0.458 e.